The van der Waals surface area contributed by atoms with Gasteiger partial charge in [0.1, 0.15) is 0 Å². The monoisotopic (exact) mass is 309 g/mol. The lowest BCUT2D eigenvalue weighted by Gasteiger charge is -2.33. The molecule has 0 fully saturated rings. The van der Waals surface area contributed by atoms with E-state index in [1.165, 1.54) is 0 Å². The molecule has 21 heavy (non-hydrogen) atoms. The summed E-state index contributed by atoms with van der Waals surface area (Å²) >= 11 is 5.85. The van der Waals surface area contributed by atoms with Gasteiger partial charge < -0.3 is 9.47 Å². The zero-order valence-corrected chi connectivity index (χ0v) is 14.0. The SMILES string of the molecule is CCC(C)C(C#N)(CCCCl)c1ccc(OC)c(OC)c1. The molecule has 0 aliphatic rings. The minimum Gasteiger partial charge on any atom is -0.493 e. The lowest BCUT2D eigenvalue weighted by molar-refractivity contribution is 0.325. The van der Waals surface area contributed by atoms with Gasteiger partial charge >= 0.3 is 0 Å². The largest absolute Gasteiger partial charge is 0.493 e. The van der Waals surface area contributed by atoms with Crippen LogP contribution in [0.1, 0.15) is 38.7 Å². The smallest absolute Gasteiger partial charge is 0.161 e. The molecule has 0 saturated carbocycles. The molecule has 0 aliphatic carbocycles. The summed E-state index contributed by atoms with van der Waals surface area (Å²) in [6.07, 6.45) is 2.50. The van der Waals surface area contributed by atoms with Crippen molar-refractivity contribution in [3.63, 3.8) is 0 Å². The minimum absolute atomic E-state index is 0.240. The Hall–Kier alpha value is -1.40. The van der Waals surface area contributed by atoms with Crippen molar-refractivity contribution in [1.29, 1.82) is 5.26 Å². The van der Waals surface area contributed by atoms with Crippen LogP contribution in [0.15, 0.2) is 18.2 Å². The zero-order valence-electron chi connectivity index (χ0n) is 13.3. The lowest BCUT2D eigenvalue weighted by atomic mass is 9.68. The van der Waals surface area contributed by atoms with Gasteiger partial charge in [-0.1, -0.05) is 26.3 Å². The molecule has 1 aromatic rings. The third-order valence-corrected chi connectivity index (χ3v) is 4.52. The molecule has 0 saturated heterocycles. The highest BCUT2D eigenvalue weighted by molar-refractivity contribution is 6.17. The van der Waals surface area contributed by atoms with Gasteiger partial charge in [-0.3, -0.25) is 0 Å². The molecule has 1 rings (SSSR count). The van der Waals surface area contributed by atoms with Crippen LogP contribution in [-0.4, -0.2) is 20.1 Å². The Morgan fingerprint density at radius 3 is 2.43 bits per heavy atom. The first-order valence-electron chi connectivity index (χ1n) is 7.29. The summed E-state index contributed by atoms with van der Waals surface area (Å²) in [5, 5.41) is 9.88. The van der Waals surface area contributed by atoms with Crippen molar-refractivity contribution in [2.75, 3.05) is 20.1 Å². The van der Waals surface area contributed by atoms with Gasteiger partial charge in [-0.25, -0.2) is 0 Å². The average molecular weight is 310 g/mol. The molecule has 3 nitrogen and oxygen atoms in total. The van der Waals surface area contributed by atoms with Crippen LogP contribution in [0, 0.1) is 17.2 Å². The number of nitriles is 1. The lowest BCUT2D eigenvalue weighted by Crippen LogP contribution is -2.32. The van der Waals surface area contributed by atoms with Crippen LogP contribution in [0.4, 0.5) is 0 Å². The van der Waals surface area contributed by atoms with Crippen LogP contribution >= 0.6 is 11.6 Å². The van der Waals surface area contributed by atoms with Crippen molar-refractivity contribution in [2.24, 2.45) is 5.92 Å². The summed E-state index contributed by atoms with van der Waals surface area (Å²) in [5.74, 6) is 2.13. The standard InChI is InChI=1S/C17H24ClNO2/c1-5-13(2)17(12-19,9-6-10-18)14-7-8-15(20-3)16(11-14)21-4/h7-8,11,13H,5-6,9-10H2,1-4H3. The zero-order chi connectivity index (χ0) is 15.9. The number of methoxy groups -OCH3 is 2. The van der Waals surface area contributed by atoms with Crippen molar-refractivity contribution in [2.45, 2.75) is 38.5 Å². The van der Waals surface area contributed by atoms with Crippen LogP contribution in [0.3, 0.4) is 0 Å². The fourth-order valence-electron chi connectivity index (χ4n) is 2.71. The van der Waals surface area contributed by atoms with Gasteiger partial charge in [-0.05, 0) is 36.5 Å². The molecule has 0 aromatic heterocycles. The third-order valence-electron chi connectivity index (χ3n) is 4.26. The molecule has 4 heteroatoms. The van der Waals surface area contributed by atoms with Gasteiger partial charge in [-0.2, -0.15) is 5.26 Å². The maximum absolute atomic E-state index is 9.88. The number of nitrogens with zero attached hydrogens (tertiary/aromatic N) is 1. The first-order valence-corrected chi connectivity index (χ1v) is 7.82. The number of rotatable bonds is 8. The van der Waals surface area contributed by atoms with Crippen molar-refractivity contribution in [3.8, 4) is 17.6 Å². The van der Waals surface area contributed by atoms with Gasteiger partial charge in [0, 0.05) is 5.88 Å². The highest BCUT2D eigenvalue weighted by Crippen LogP contribution is 2.41. The molecular formula is C17H24ClNO2. The predicted octanol–water partition coefficient (Wildman–Crippen LogP) is 4.53. The van der Waals surface area contributed by atoms with Crippen LogP contribution in [0.2, 0.25) is 0 Å². The Morgan fingerprint density at radius 1 is 1.29 bits per heavy atom. The van der Waals surface area contributed by atoms with Gasteiger partial charge in [-0.15, -0.1) is 11.6 Å². The molecule has 0 bridgehead atoms. The molecular weight excluding hydrogens is 286 g/mol. The van der Waals surface area contributed by atoms with E-state index < -0.39 is 5.41 Å². The fourth-order valence-corrected chi connectivity index (χ4v) is 2.85. The van der Waals surface area contributed by atoms with E-state index in [1.54, 1.807) is 14.2 Å². The summed E-state index contributed by atoms with van der Waals surface area (Å²) in [5.41, 5.74) is 0.436. The number of ether oxygens (including phenoxy) is 2. The fraction of sp³-hybridized carbons (Fsp3) is 0.588. The molecule has 2 atom stereocenters. The summed E-state index contributed by atoms with van der Waals surface area (Å²) in [4.78, 5) is 0. The number of alkyl halides is 1. The van der Waals surface area contributed by atoms with E-state index in [9.17, 15) is 5.26 Å². The maximum atomic E-state index is 9.88. The first kappa shape index (κ1) is 17.7. The highest BCUT2D eigenvalue weighted by atomic mass is 35.5. The third kappa shape index (κ3) is 3.63. The minimum atomic E-state index is -0.539. The predicted molar refractivity (Wildman–Crippen MR) is 86.2 cm³/mol. The molecule has 116 valence electrons. The normalized spacial score (nSPS) is 14.9. The van der Waals surface area contributed by atoms with Crippen molar-refractivity contribution < 1.29 is 9.47 Å². The van der Waals surface area contributed by atoms with Gasteiger partial charge in [0.25, 0.3) is 0 Å². The quantitative estimate of drug-likeness (QED) is 0.662. The number of hydrogen-bond acceptors (Lipinski definition) is 3. The van der Waals surface area contributed by atoms with Crippen molar-refractivity contribution in [1.82, 2.24) is 0 Å². The summed E-state index contributed by atoms with van der Waals surface area (Å²) in [7, 11) is 3.22. The van der Waals surface area contributed by atoms with Crippen LogP contribution in [-0.2, 0) is 5.41 Å². The Morgan fingerprint density at radius 2 is 1.95 bits per heavy atom. The van der Waals surface area contributed by atoms with Crippen molar-refractivity contribution in [3.05, 3.63) is 23.8 Å². The molecule has 0 aliphatic heterocycles. The van der Waals surface area contributed by atoms with E-state index in [-0.39, 0.29) is 5.92 Å². The van der Waals surface area contributed by atoms with Gasteiger partial charge in [0.15, 0.2) is 11.5 Å². The second kappa shape index (κ2) is 8.14. The average Bonchev–Trinajstić information content (AvgIpc) is 2.55. The maximum Gasteiger partial charge on any atom is 0.161 e. The Balaban J connectivity index is 3.35. The van der Waals surface area contributed by atoms with Gasteiger partial charge in [0.05, 0.1) is 25.7 Å². The van der Waals surface area contributed by atoms with Crippen LogP contribution in [0.5, 0.6) is 11.5 Å². The molecule has 1 aromatic carbocycles. The van der Waals surface area contributed by atoms with E-state index in [4.69, 9.17) is 21.1 Å². The molecule has 0 amide bonds. The summed E-state index contributed by atoms with van der Waals surface area (Å²) in [6, 6.07) is 8.30. The van der Waals surface area contributed by atoms with Crippen molar-refractivity contribution >= 4 is 11.6 Å². The van der Waals surface area contributed by atoms with Crippen LogP contribution in [0.25, 0.3) is 0 Å². The number of benzene rings is 1. The second-order valence-corrected chi connectivity index (χ2v) is 5.63. The Labute approximate surface area is 132 Å². The van der Waals surface area contributed by atoms with E-state index >= 15 is 0 Å². The Kier molecular flexibility index (Phi) is 6.84. The summed E-state index contributed by atoms with van der Waals surface area (Å²) in [6.45, 7) is 4.23. The van der Waals surface area contributed by atoms with E-state index in [1.807, 2.05) is 18.2 Å². The molecule has 0 spiro atoms. The number of hydrogen-bond donors (Lipinski definition) is 0. The first-order chi connectivity index (χ1) is 10.1. The second-order valence-electron chi connectivity index (χ2n) is 5.25. The topological polar surface area (TPSA) is 42.2 Å². The molecule has 0 N–H and O–H groups in total. The highest BCUT2D eigenvalue weighted by Gasteiger charge is 2.37. The molecule has 0 heterocycles. The molecule has 2 unspecified atom stereocenters. The van der Waals surface area contributed by atoms with E-state index in [0.29, 0.717) is 17.4 Å². The van der Waals surface area contributed by atoms with E-state index in [2.05, 4.69) is 19.9 Å². The molecule has 0 radical (unpaired) electrons. The van der Waals surface area contributed by atoms with Crippen LogP contribution < -0.4 is 9.47 Å². The van der Waals surface area contributed by atoms with E-state index in [0.717, 1.165) is 24.8 Å². The number of halogens is 1. The summed E-state index contributed by atoms with van der Waals surface area (Å²) < 4.78 is 10.7. The Bertz CT molecular complexity index is 498. The van der Waals surface area contributed by atoms with Gasteiger partial charge in [0.2, 0.25) is 0 Å².